The van der Waals surface area contributed by atoms with Gasteiger partial charge in [-0.05, 0) is 17.7 Å². The molecule has 0 radical (unpaired) electrons. The molecule has 0 aliphatic carbocycles. The molecular formula is C19H22N2. The topological polar surface area (TPSA) is 17.0 Å². The van der Waals surface area contributed by atoms with E-state index < -0.39 is 0 Å². The molecule has 21 heavy (non-hydrogen) atoms. The predicted octanol–water partition coefficient (Wildman–Crippen LogP) is 4.35. The number of rotatable bonds is 5. The van der Waals surface area contributed by atoms with E-state index in [0.717, 1.165) is 13.1 Å². The van der Waals surface area contributed by atoms with Crippen LogP contribution in [-0.2, 0) is 6.54 Å². The van der Waals surface area contributed by atoms with Crippen molar-refractivity contribution in [3.63, 3.8) is 0 Å². The number of nitrogens with zero attached hydrogens (tertiary/aromatic N) is 1. The zero-order valence-electron chi connectivity index (χ0n) is 12.8. The van der Waals surface area contributed by atoms with Crippen molar-refractivity contribution in [1.29, 1.82) is 0 Å². The Hall–Kier alpha value is -2.06. The Kier molecular flexibility index (Phi) is 3.80. The summed E-state index contributed by atoms with van der Waals surface area (Å²) in [7, 11) is 0. The van der Waals surface area contributed by atoms with Gasteiger partial charge in [-0.25, -0.2) is 0 Å². The first-order valence-electron chi connectivity index (χ1n) is 7.53. The Morgan fingerprint density at radius 3 is 2.05 bits per heavy atom. The fourth-order valence-corrected chi connectivity index (χ4v) is 2.80. The van der Waals surface area contributed by atoms with Gasteiger partial charge in [0, 0.05) is 40.9 Å². The molecule has 108 valence electrons. The SMILES string of the molecule is C=C(CNC(C)C)Cn1c2ccccc2c2ccccc21. The van der Waals surface area contributed by atoms with Crippen molar-refractivity contribution in [2.75, 3.05) is 6.54 Å². The third kappa shape index (κ3) is 2.72. The maximum absolute atomic E-state index is 4.23. The van der Waals surface area contributed by atoms with Crippen LogP contribution in [0.4, 0.5) is 0 Å². The zero-order valence-corrected chi connectivity index (χ0v) is 12.8. The van der Waals surface area contributed by atoms with Gasteiger partial charge in [-0.1, -0.05) is 56.8 Å². The molecule has 1 aromatic heterocycles. The van der Waals surface area contributed by atoms with Crippen LogP contribution in [-0.4, -0.2) is 17.2 Å². The van der Waals surface area contributed by atoms with Crippen molar-refractivity contribution in [1.82, 2.24) is 9.88 Å². The smallest absolute Gasteiger partial charge is 0.0494 e. The van der Waals surface area contributed by atoms with Crippen LogP contribution in [0.3, 0.4) is 0 Å². The van der Waals surface area contributed by atoms with Crippen LogP contribution in [0.2, 0.25) is 0 Å². The minimum Gasteiger partial charge on any atom is -0.336 e. The number of benzene rings is 2. The zero-order chi connectivity index (χ0) is 14.8. The average molecular weight is 278 g/mol. The lowest BCUT2D eigenvalue weighted by atomic mass is 10.2. The van der Waals surface area contributed by atoms with E-state index >= 15 is 0 Å². The first-order chi connectivity index (χ1) is 10.2. The van der Waals surface area contributed by atoms with Crippen LogP contribution in [0.15, 0.2) is 60.7 Å². The molecule has 0 atom stereocenters. The second-order valence-electron chi connectivity index (χ2n) is 5.91. The largest absolute Gasteiger partial charge is 0.336 e. The van der Waals surface area contributed by atoms with E-state index in [-0.39, 0.29) is 0 Å². The maximum Gasteiger partial charge on any atom is 0.0494 e. The minimum absolute atomic E-state index is 0.486. The van der Waals surface area contributed by atoms with E-state index in [2.05, 4.69) is 78.8 Å². The summed E-state index contributed by atoms with van der Waals surface area (Å²) < 4.78 is 2.37. The van der Waals surface area contributed by atoms with Crippen LogP contribution in [0.1, 0.15) is 13.8 Å². The van der Waals surface area contributed by atoms with Gasteiger partial charge in [0.25, 0.3) is 0 Å². The molecule has 0 aliphatic rings. The third-order valence-electron chi connectivity index (χ3n) is 3.82. The molecule has 3 aromatic rings. The normalized spacial score (nSPS) is 11.6. The highest BCUT2D eigenvalue weighted by Gasteiger charge is 2.10. The molecule has 0 saturated carbocycles. The molecule has 1 heterocycles. The summed E-state index contributed by atoms with van der Waals surface area (Å²) in [6, 6.07) is 17.7. The maximum atomic E-state index is 4.23. The van der Waals surface area contributed by atoms with Crippen molar-refractivity contribution < 1.29 is 0 Å². The summed E-state index contributed by atoms with van der Waals surface area (Å²) in [5, 5.41) is 6.08. The number of aromatic nitrogens is 1. The van der Waals surface area contributed by atoms with Crippen molar-refractivity contribution >= 4 is 21.8 Å². The van der Waals surface area contributed by atoms with Gasteiger partial charge in [-0.15, -0.1) is 0 Å². The van der Waals surface area contributed by atoms with Crippen LogP contribution in [0.25, 0.3) is 21.8 Å². The number of hydrogen-bond donors (Lipinski definition) is 1. The lowest BCUT2D eigenvalue weighted by Crippen LogP contribution is -2.25. The first kappa shape index (κ1) is 13.9. The van der Waals surface area contributed by atoms with Crippen molar-refractivity contribution in [2.45, 2.75) is 26.4 Å². The third-order valence-corrected chi connectivity index (χ3v) is 3.82. The van der Waals surface area contributed by atoms with E-state index in [1.54, 1.807) is 0 Å². The fourth-order valence-electron chi connectivity index (χ4n) is 2.80. The summed E-state index contributed by atoms with van der Waals surface area (Å²) in [6.07, 6.45) is 0. The monoisotopic (exact) mass is 278 g/mol. The molecule has 0 saturated heterocycles. The van der Waals surface area contributed by atoms with Crippen molar-refractivity contribution in [3.05, 3.63) is 60.7 Å². The molecule has 0 fully saturated rings. The van der Waals surface area contributed by atoms with Gasteiger partial charge in [0.05, 0.1) is 0 Å². The quantitative estimate of drug-likeness (QED) is 0.687. The van der Waals surface area contributed by atoms with E-state index in [4.69, 9.17) is 0 Å². The Morgan fingerprint density at radius 2 is 1.52 bits per heavy atom. The molecule has 0 aliphatic heterocycles. The van der Waals surface area contributed by atoms with Crippen LogP contribution in [0, 0.1) is 0 Å². The molecule has 3 rings (SSSR count). The molecule has 1 N–H and O–H groups in total. The number of para-hydroxylation sites is 2. The molecule has 0 spiro atoms. The minimum atomic E-state index is 0.486. The standard InChI is InChI=1S/C19H22N2/c1-14(2)20-12-15(3)13-21-18-10-6-4-8-16(18)17-9-5-7-11-19(17)21/h4-11,14,20H,3,12-13H2,1-2H3. The molecule has 0 amide bonds. The van der Waals surface area contributed by atoms with Gasteiger partial charge in [0.15, 0.2) is 0 Å². The molecule has 2 nitrogen and oxygen atoms in total. The van der Waals surface area contributed by atoms with Gasteiger partial charge in [0.1, 0.15) is 0 Å². The number of hydrogen-bond acceptors (Lipinski definition) is 1. The number of nitrogens with one attached hydrogen (secondary N) is 1. The highest BCUT2D eigenvalue weighted by atomic mass is 15.0. The average Bonchev–Trinajstić information content (AvgIpc) is 2.80. The highest BCUT2D eigenvalue weighted by Crippen LogP contribution is 2.29. The molecular weight excluding hydrogens is 256 g/mol. The van der Waals surface area contributed by atoms with E-state index in [9.17, 15) is 0 Å². The lowest BCUT2D eigenvalue weighted by Gasteiger charge is -2.13. The molecule has 2 aromatic carbocycles. The predicted molar refractivity (Wildman–Crippen MR) is 91.7 cm³/mol. The Balaban J connectivity index is 2.02. The Labute approximate surface area is 126 Å². The molecule has 2 heteroatoms. The highest BCUT2D eigenvalue weighted by molar-refractivity contribution is 6.07. The van der Waals surface area contributed by atoms with E-state index in [1.807, 2.05) is 0 Å². The number of fused-ring (bicyclic) bond motifs is 3. The molecule has 0 unspecified atom stereocenters. The summed E-state index contributed by atoms with van der Waals surface area (Å²) in [4.78, 5) is 0. The lowest BCUT2D eigenvalue weighted by molar-refractivity contribution is 0.608. The second-order valence-corrected chi connectivity index (χ2v) is 5.91. The second kappa shape index (κ2) is 5.74. The summed E-state index contributed by atoms with van der Waals surface area (Å²) in [5.41, 5.74) is 3.77. The van der Waals surface area contributed by atoms with E-state index in [1.165, 1.54) is 27.4 Å². The van der Waals surface area contributed by atoms with Crippen LogP contribution < -0.4 is 5.32 Å². The van der Waals surface area contributed by atoms with Crippen molar-refractivity contribution in [2.24, 2.45) is 0 Å². The van der Waals surface area contributed by atoms with E-state index in [0.29, 0.717) is 6.04 Å². The summed E-state index contributed by atoms with van der Waals surface area (Å²) in [6.45, 7) is 10.3. The van der Waals surface area contributed by atoms with Gasteiger partial charge in [-0.2, -0.15) is 0 Å². The van der Waals surface area contributed by atoms with Gasteiger partial charge < -0.3 is 9.88 Å². The summed E-state index contributed by atoms with van der Waals surface area (Å²) in [5.74, 6) is 0. The molecule has 0 bridgehead atoms. The van der Waals surface area contributed by atoms with Crippen LogP contribution >= 0.6 is 0 Å². The van der Waals surface area contributed by atoms with Gasteiger partial charge in [-0.3, -0.25) is 0 Å². The van der Waals surface area contributed by atoms with Crippen molar-refractivity contribution in [3.8, 4) is 0 Å². The Bertz CT molecular complexity index is 727. The summed E-state index contributed by atoms with van der Waals surface area (Å²) >= 11 is 0. The fraction of sp³-hybridized carbons (Fsp3) is 0.263. The van der Waals surface area contributed by atoms with Gasteiger partial charge >= 0.3 is 0 Å². The van der Waals surface area contributed by atoms with Crippen LogP contribution in [0.5, 0.6) is 0 Å². The Morgan fingerprint density at radius 1 is 1.00 bits per heavy atom. The van der Waals surface area contributed by atoms with Gasteiger partial charge in [0.2, 0.25) is 0 Å². The first-order valence-corrected chi connectivity index (χ1v) is 7.53.